The van der Waals surface area contributed by atoms with Gasteiger partial charge in [0.15, 0.2) is 0 Å². The van der Waals surface area contributed by atoms with Crippen molar-refractivity contribution in [3.63, 3.8) is 0 Å². The molecule has 1 N–H and O–H groups in total. The van der Waals surface area contributed by atoms with Crippen molar-refractivity contribution in [1.82, 2.24) is 4.40 Å². The predicted molar refractivity (Wildman–Crippen MR) is 141 cm³/mol. The van der Waals surface area contributed by atoms with Crippen molar-refractivity contribution in [1.29, 1.82) is 0 Å². The lowest BCUT2D eigenvalue weighted by Gasteiger charge is -2.12. The third-order valence-electron chi connectivity index (χ3n) is 6.05. The molecule has 0 bridgehead atoms. The number of nitrogens with one attached hydrogen (secondary N) is 1. The van der Waals surface area contributed by atoms with Crippen molar-refractivity contribution in [2.45, 2.75) is 0 Å². The molecule has 0 atom stereocenters. The molecule has 0 aliphatic heterocycles. The van der Waals surface area contributed by atoms with Gasteiger partial charge in [-0.3, -0.25) is 9.59 Å². The quantitative estimate of drug-likeness (QED) is 0.227. The first-order chi connectivity index (χ1) is 17.6. The van der Waals surface area contributed by atoms with Gasteiger partial charge in [-0.05, 0) is 53.6 Å². The molecule has 0 saturated carbocycles. The fourth-order valence-electron chi connectivity index (χ4n) is 4.26. The Morgan fingerprint density at radius 1 is 0.722 bits per heavy atom. The number of hydrogen-bond acceptors (Lipinski definition) is 4. The van der Waals surface area contributed by atoms with Gasteiger partial charge in [-0.2, -0.15) is 0 Å². The van der Waals surface area contributed by atoms with Gasteiger partial charge < -0.3 is 19.2 Å². The third kappa shape index (κ3) is 4.32. The molecule has 0 fully saturated rings. The van der Waals surface area contributed by atoms with Gasteiger partial charge in [0.1, 0.15) is 17.2 Å². The summed E-state index contributed by atoms with van der Waals surface area (Å²) in [6.07, 6.45) is 1.79. The van der Waals surface area contributed by atoms with Crippen molar-refractivity contribution < 1.29 is 19.1 Å². The van der Waals surface area contributed by atoms with E-state index >= 15 is 0 Å². The lowest BCUT2D eigenvalue weighted by molar-refractivity contribution is -0.112. The molecule has 5 rings (SSSR count). The number of benzene rings is 3. The van der Waals surface area contributed by atoms with Crippen LogP contribution in [0.25, 0.3) is 27.8 Å². The maximum atomic E-state index is 13.4. The van der Waals surface area contributed by atoms with Crippen LogP contribution in [0.4, 0.5) is 5.69 Å². The number of ketones is 1. The Labute approximate surface area is 208 Å². The SMILES string of the molecule is COc1ccc(-c2ccc(NC(=O)C(=O)c3c(-c4ccccc4)cc4ccccn34)cc2)c(OC)c1. The van der Waals surface area contributed by atoms with E-state index in [9.17, 15) is 9.59 Å². The lowest BCUT2D eigenvalue weighted by atomic mass is 10.0. The van der Waals surface area contributed by atoms with Gasteiger partial charge >= 0.3 is 0 Å². The van der Waals surface area contributed by atoms with Crippen molar-refractivity contribution >= 4 is 22.9 Å². The van der Waals surface area contributed by atoms with Crippen LogP contribution in [0, 0.1) is 0 Å². The normalized spacial score (nSPS) is 10.7. The van der Waals surface area contributed by atoms with E-state index in [1.807, 2.05) is 84.9 Å². The number of carbonyl (C=O) groups is 2. The lowest BCUT2D eigenvalue weighted by Crippen LogP contribution is -2.24. The van der Waals surface area contributed by atoms with Crippen LogP contribution in [0.15, 0.2) is 103 Å². The number of ether oxygens (including phenoxy) is 2. The Balaban J connectivity index is 1.42. The second kappa shape index (κ2) is 9.80. The van der Waals surface area contributed by atoms with Crippen LogP contribution in [0.3, 0.4) is 0 Å². The van der Waals surface area contributed by atoms with E-state index in [0.29, 0.717) is 28.4 Å². The number of aromatic nitrogens is 1. The summed E-state index contributed by atoms with van der Waals surface area (Å²) in [6, 6.07) is 30.0. The van der Waals surface area contributed by atoms with Gasteiger partial charge in [0.2, 0.25) is 0 Å². The van der Waals surface area contributed by atoms with Crippen LogP contribution in [0.1, 0.15) is 10.5 Å². The second-order valence-corrected chi connectivity index (χ2v) is 8.19. The summed E-state index contributed by atoms with van der Waals surface area (Å²) in [6.45, 7) is 0. The van der Waals surface area contributed by atoms with Crippen molar-refractivity contribution in [2.75, 3.05) is 19.5 Å². The Hall–Kier alpha value is -4.84. The zero-order chi connectivity index (χ0) is 25.1. The highest BCUT2D eigenvalue weighted by Gasteiger charge is 2.24. The van der Waals surface area contributed by atoms with E-state index in [1.165, 1.54) is 0 Å². The summed E-state index contributed by atoms with van der Waals surface area (Å²) in [5, 5.41) is 2.75. The smallest absolute Gasteiger partial charge is 0.298 e. The average Bonchev–Trinajstić information content (AvgIpc) is 3.33. The Kier molecular flexibility index (Phi) is 6.24. The first-order valence-electron chi connectivity index (χ1n) is 11.4. The van der Waals surface area contributed by atoms with E-state index in [0.717, 1.165) is 22.2 Å². The first-order valence-corrected chi connectivity index (χ1v) is 11.4. The summed E-state index contributed by atoms with van der Waals surface area (Å²) in [5.74, 6) is 0.0624. The minimum atomic E-state index is -0.703. The molecule has 2 heterocycles. The third-order valence-corrected chi connectivity index (χ3v) is 6.05. The molecule has 6 heteroatoms. The Morgan fingerprint density at radius 2 is 1.44 bits per heavy atom. The molecule has 2 aromatic heterocycles. The largest absolute Gasteiger partial charge is 0.497 e. The first kappa shape index (κ1) is 22.9. The number of amides is 1. The molecule has 178 valence electrons. The molecule has 36 heavy (non-hydrogen) atoms. The highest BCUT2D eigenvalue weighted by molar-refractivity contribution is 6.47. The van der Waals surface area contributed by atoms with Crippen LogP contribution in [0.5, 0.6) is 11.5 Å². The number of methoxy groups -OCH3 is 2. The van der Waals surface area contributed by atoms with Crippen molar-refractivity contribution in [3.05, 3.63) is 109 Å². The molecular weight excluding hydrogens is 452 g/mol. The highest BCUT2D eigenvalue weighted by atomic mass is 16.5. The van der Waals surface area contributed by atoms with E-state index in [2.05, 4.69) is 5.32 Å². The number of rotatable bonds is 7. The summed E-state index contributed by atoms with van der Waals surface area (Å²) < 4.78 is 12.5. The molecule has 1 amide bonds. The average molecular weight is 477 g/mol. The fraction of sp³-hybridized carbons (Fsp3) is 0.0667. The van der Waals surface area contributed by atoms with Gasteiger partial charge in [-0.25, -0.2) is 0 Å². The highest BCUT2D eigenvalue weighted by Crippen LogP contribution is 2.34. The second-order valence-electron chi connectivity index (χ2n) is 8.19. The van der Waals surface area contributed by atoms with Crippen LogP contribution < -0.4 is 14.8 Å². The van der Waals surface area contributed by atoms with Gasteiger partial charge in [-0.15, -0.1) is 0 Å². The molecular formula is C30H24N2O4. The molecule has 0 unspecified atom stereocenters. The van der Waals surface area contributed by atoms with Crippen LogP contribution in [0.2, 0.25) is 0 Å². The molecule has 0 aliphatic rings. The van der Waals surface area contributed by atoms with E-state index in [-0.39, 0.29) is 0 Å². The van der Waals surface area contributed by atoms with Gasteiger partial charge in [0.05, 0.1) is 14.2 Å². The Bertz CT molecular complexity index is 1550. The number of carbonyl (C=O) groups excluding carboxylic acids is 2. The van der Waals surface area contributed by atoms with Crippen LogP contribution in [-0.2, 0) is 4.79 Å². The minimum Gasteiger partial charge on any atom is -0.497 e. The van der Waals surface area contributed by atoms with Crippen LogP contribution in [-0.4, -0.2) is 30.3 Å². The summed E-state index contributed by atoms with van der Waals surface area (Å²) >= 11 is 0. The molecule has 0 radical (unpaired) electrons. The van der Waals surface area contributed by atoms with Crippen LogP contribution >= 0.6 is 0 Å². The Morgan fingerprint density at radius 3 is 2.17 bits per heavy atom. The van der Waals surface area contributed by atoms with Gasteiger partial charge in [0, 0.05) is 34.6 Å². The summed E-state index contributed by atoms with van der Waals surface area (Å²) in [7, 11) is 3.21. The maximum absolute atomic E-state index is 13.4. The number of anilines is 1. The molecule has 0 aliphatic carbocycles. The molecule has 5 aromatic rings. The number of fused-ring (bicyclic) bond motifs is 1. The number of hydrogen-bond donors (Lipinski definition) is 1. The van der Waals surface area contributed by atoms with E-state index < -0.39 is 11.7 Å². The minimum absolute atomic E-state index is 0.328. The molecule has 6 nitrogen and oxygen atoms in total. The summed E-state index contributed by atoms with van der Waals surface area (Å²) in [5.41, 5.74) is 5.06. The predicted octanol–water partition coefficient (Wildman–Crippen LogP) is 6.11. The zero-order valence-corrected chi connectivity index (χ0v) is 19.9. The number of nitrogens with zero attached hydrogens (tertiary/aromatic N) is 1. The number of Topliss-reactive ketones (excluding diaryl/α,β-unsaturated/α-hetero) is 1. The standard InChI is InChI=1S/C30H24N2O4/c1-35-24-15-16-25(27(19-24)36-2)21-11-13-22(14-12-21)31-30(34)29(33)28-26(20-8-4-3-5-9-20)18-23-10-6-7-17-32(23)28/h3-19H,1-2H3,(H,31,34). The van der Waals surface area contributed by atoms with Gasteiger partial charge in [-0.1, -0.05) is 48.5 Å². The monoisotopic (exact) mass is 476 g/mol. The van der Waals surface area contributed by atoms with Crippen molar-refractivity contribution in [2.24, 2.45) is 0 Å². The molecule has 0 spiro atoms. The molecule has 3 aromatic carbocycles. The molecule has 0 saturated heterocycles. The van der Waals surface area contributed by atoms with Gasteiger partial charge in [0.25, 0.3) is 11.7 Å². The van der Waals surface area contributed by atoms with E-state index in [4.69, 9.17) is 9.47 Å². The maximum Gasteiger partial charge on any atom is 0.298 e. The van der Waals surface area contributed by atoms with Crippen molar-refractivity contribution in [3.8, 4) is 33.8 Å². The summed E-state index contributed by atoms with van der Waals surface area (Å²) in [4.78, 5) is 26.4. The van der Waals surface area contributed by atoms with E-state index in [1.54, 1.807) is 36.9 Å². The fourth-order valence-corrected chi connectivity index (χ4v) is 4.26. The topological polar surface area (TPSA) is 69.0 Å². The number of pyridine rings is 1. The zero-order valence-electron chi connectivity index (χ0n) is 19.9.